The number of carbonyl (C=O) groups excluding carboxylic acids is 2. The molecule has 0 radical (unpaired) electrons. The summed E-state index contributed by atoms with van der Waals surface area (Å²) >= 11 is 0. The molecule has 1 atom stereocenters. The second kappa shape index (κ2) is 63.2. The summed E-state index contributed by atoms with van der Waals surface area (Å²) in [6, 6.07) is 0. The van der Waals surface area contributed by atoms with Gasteiger partial charge in [0, 0.05) is 19.4 Å². The van der Waals surface area contributed by atoms with Crippen LogP contribution in [-0.2, 0) is 23.8 Å². The van der Waals surface area contributed by atoms with Crippen LogP contribution in [0.4, 0.5) is 0 Å². The Morgan fingerprint density at radius 2 is 0.583 bits per heavy atom. The normalized spacial score (nSPS) is 12.4. The van der Waals surface area contributed by atoms with Gasteiger partial charge in [0.05, 0.1) is 6.61 Å². The van der Waals surface area contributed by atoms with Gasteiger partial charge in [-0.1, -0.05) is 313 Å². The van der Waals surface area contributed by atoms with Crippen molar-refractivity contribution in [1.29, 1.82) is 0 Å². The molecule has 0 saturated carbocycles. The summed E-state index contributed by atoms with van der Waals surface area (Å²) in [5.74, 6) is -0.410. The fourth-order valence-corrected chi connectivity index (χ4v) is 9.56. The lowest BCUT2D eigenvalue weighted by Crippen LogP contribution is -2.30. The molecule has 0 amide bonds. The number of unbranched alkanes of at least 4 members (excludes halogenated alkanes) is 41. The molecule has 5 nitrogen and oxygen atoms in total. The molecule has 5 heteroatoms. The Hall–Kier alpha value is -2.14. The van der Waals surface area contributed by atoms with Crippen molar-refractivity contribution in [3.05, 3.63) is 48.6 Å². The molecular formula is C67H124O5. The second-order valence-corrected chi connectivity index (χ2v) is 21.7. The van der Waals surface area contributed by atoms with E-state index in [1.165, 1.54) is 238 Å². The van der Waals surface area contributed by atoms with Crippen LogP contribution in [0.5, 0.6) is 0 Å². The van der Waals surface area contributed by atoms with Crippen LogP contribution in [0.1, 0.15) is 342 Å². The number of carbonyl (C=O) groups is 2. The topological polar surface area (TPSA) is 61.8 Å². The first kappa shape index (κ1) is 69.9. The zero-order valence-corrected chi connectivity index (χ0v) is 48.7. The van der Waals surface area contributed by atoms with Gasteiger partial charge < -0.3 is 14.2 Å². The highest BCUT2D eigenvalue weighted by molar-refractivity contribution is 5.70. The van der Waals surface area contributed by atoms with Gasteiger partial charge in [0.15, 0.2) is 6.10 Å². The van der Waals surface area contributed by atoms with Crippen molar-refractivity contribution in [2.45, 2.75) is 348 Å². The summed E-state index contributed by atoms with van der Waals surface area (Å²) < 4.78 is 17.5. The van der Waals surface area contributed by atoms with Gasteiger partial charge >= 0.3 is 11.9 Å². The molecule has 0 aliphatic heterocycles. The van der Waals surface area contributed by atoms with Gasteiger partial charge in [0.1, 0.15) is 6.61 Å². The molecule has 0 saturated heterocycles. The van der Waals surface area contributed by atoms with E-state index in [0.717, 1.165) is 70.6 Å². The van der Waals surface area contributed by atoms with Gasteiger partial charge in [-0.2, -0.15) is 0 Å². The highest BCUT2D eigenvalue weighted by Gasteiger charge is 2.17. The van der Waals surface area contributed by atoms with Crippen LogP contribution in [0.2, 0.25) is 0 Å². The van der Waals surface area contributed by atoms with Crippen molar-refractivity contribution in [3.8, 4) is 0 Å². The average molecular weight is 1010 g/mol. The van der Waals surface area contributed by atoms with E-state index in [1.807, 2.05) is 0 Å². The largest absolute Gasteiger partial charge is 0.462 e. The Morgan fingerprint density at radius 1 is 0.306 bits per heavy atom. The van der Waals surface area contributed by atoms with Gasteiger partial charge in [-0.15, -0.1) is 0 Å². The Balaban J connectivity index is 4.27. The molecule has 0 aromatic carbocycles. The molecule has 0 aliphatic carbocycles. The fraction of sp³-hybridized carbons (Fsp3) is 0.851. The summed E-state index contributed by atoms with van der Waals surface area (Å²) in [7, 11) is 0. The zero-order valence-electron chi connectivity index (χ0n) is 48.7. The lowest BCUT2D eigenvalue weighted by atomic mass is 10.0. The van der Waals surface area contributed by atoms with E-state index in [4.69, 9.17) is 14.2 Å². The number of rotatable bonds is 60. The molecule has 0 spiro atoms. The van der Waals surface area contributed by atoms with Crippen LogP contribution in [0, 0.1) is 0 Å². The maximum Gasteiger partial charge on any atom is 0.306 e. The molecule has 0 aromatic heterocycles. The first-order valence-electron chi connectivity index (χ1n) is 32.2. The standard InChI is InChI=1S/C67H124O5/c1-4-7-10-13-16-19-22-25-28-31-33-34-36-37-39-42-45-48-51-54-57-60-66(68)71-64-65(63-70-62-59-56-53-50-47-44-41-30-27-24-21-18-15-12-9-6-3)72-67(69)61-58-55-52-49-46-43-40-38-35-32-29-26-23-20-17-14-11-8-5-2/h17,20,26,29,35,38,43,46,65H,4-16,18-19,21-25,27-28,30-34,36-37,39-42,44-45,47-64H2,1-3H3/b20-17-,29-26-,38-35-,46-43-/t65-/m1/s1. The molecule has 0 unspecified atom stereocenters. The minimum Gasteiger partial charge on any atom is -0.462 e. The smallest absolute Gasteiger partial charge is 0.306 e. The highest BCUT2D eigenvalue weighted by atomic mass is 16.6. The Kier molecular flexibility index (Phi) is 61.3. The van der Waals surface area contributed by atoms with Crippen LogP contribution < -0.4 is 0 Å². The Labute approximate surface area is 450 Å². The third-order valence-electron chi connectivity index (χ3n) is 14.4. The van der Waals surface area contributed by atoms with Crippen molar-refractivity contribution in [3.63, 3.8) is 0 Å². The SMILES string of the molecule is CCCCC/C=C\C/C=C\C/C=C\C/C=C\CCCCCC(=O)O[C@H](COCCCCCCCCCCCCCCCCCC)COC(=O)CCCCCCCCCCCCCCCCCCCCCCC. The van der Waals surface area contributed by atoms with Gasteiger partial charge in [-0.25, -0.2) is 0 Å². The van der Waals surface area contributed by atoms with E-state index >= 15 is 0 Å². The van der Waals surface area contributed by atoms with Crippen LogP contribution in [0.25, 0.3) is 0 Å². The van der Waals surface area contributed by atoms with E-state index in [1.54, 1.807) is 0 Å². The van der Waals surface area contributed by atoms with E-state index < -0.39 is 6.10 Å². The van der Waals surface area contributed by atoms with Crippen LogP contribution in [0.3, 0.4) is 0 Å². The van der Waals surface area contributed by atoms with Crippen LogP contribution >= 0.6 is 0 Å². The van der Waals surface area contributed by atoms with Gasteiger partial charge in [0.25, 0.3) is 0 Å². The van der Waals surface area contributed by atoms with Crippen LogP contribution in [0.15, 0.2) is 48.6 Å². The molecule has 0 fully saturated rings. The summed E-state index contributed by atoms with van der Waals surface area (Å²) in [5, 5.41) is 0. The summed E-state index contributed by atoms with van der Waals surface area (Å²) in [6.07, 6.45) is 80.1. The Morgan fingerprint density at radius 3 is 0.958 bits per heavy atom. The fourth-order valence-electron chi connectivity index (χ4n) is 9.56. The van der Waals surface area contributed by atoms with E-state index in [9.17, 15) is 9.59 Å². The number of ether oxygens (including phenoxy) is 3. The maximum atomic E-state index is 12.9. The number of hydrogen-bond acceptors (Lipinski definition) is 5. The second-order valence-electron chi connectivity index (χ2n) is 21.7. The maximum absolute atomic E-state index is 12.9. The lowest BCUT2D eigenvalue weighted by Gasteiger charge is -2.18. The lowest BCUT2D eigenvalue weighted by molar-refractivity contribution is -0.163. The molecule has 0 aromatic rings. The van der Waals surface area contributed by atoms with Gasteiger partial charge in [-0.3, -0.25) is 9.59 Å². The molecule has 0 N–H and O–H groups in total. The number of allylic oxidation sites excluding steroid dienone is 8. The van der Waals surface area contributed by atoms with Crippen molar-refractivity contribution >= 4 is 11.9 Å². The predicted molar refractivity (Wildman–Crippen MR) is 316 cm³/mol. The van der Waals surface area contributed by atoms with Gasteiger partial charge in [-0.05, 0) is 64.2 Å². The molecular weight excluding hydrogens is 885 g/mol. The monoisotopic (exact) mass is 1010 g/mol. The predicted octanol–water partition coefficient (Wildman–Crippen LogP) is 22.2. The molecule has 422 valence electrons. The molecule has 0 bridgehead atoms. The molecule has 0 heterocycles. The Bertz CT molecular complexity index is 1190. The highest BCUT2D eigenvalue weighted by Crippen LogP contribution is 2.17. The van der Waals surface area contributed by atoms with Crippen molar-refractivity contribution in [1.82, 2.24) is 0 Å². The number of hydrogen-bond donors (Lipinski definition) is 0. The molecule has 72 heavy (non-hydrogen) atoms. The number of esters is 2. The summed E-state index contributed by atoms with van der Waals surface area (Å²) in [4.78, 5) is 25.6. The van der Waals surface area contributed by atoms with Crippen LogP contribution in [-0.4, -0.2) is 37.9 Å². The summed E-state index contributed by atoms with van der Waals surface area (Å²) in [6.45, 7) is 7.84. The van der Waals surface area contributed by atoms with E-state index in [0.29, 0.717) is 19.4 Å². The van der Waals surface area contributed by atoms with E-state index in [-0.39, 0.29) is 25.2 Å². The van der Waals surface area contributed by atoms with Crippen molar-refractivity contribution in [2.24, 2.45) is 0 Å². The first-order chi connectivity index (χ1) is 35.6. The third kappa shape index (κ3) is 60.4. The first-order valence-corrected chi connectivity index (χ1v) is 32.2. The third-order valence-corrected chi connectivity index (χ3v) is 14.4. The zero-order chi connectivity index (χ0) is 52.0. The molecule has 0 rings (SSSR count). The van der Waals surface area contributed by atoms with Crippen molar-refractivity contribution in [2.75, 3.05) is 19.8 Å². The van der Waals surface area contributed by atoms with Gasteiger partial charge in [0.2, 0.25) is 0 Å². The minimum absolute atomic E-state index is 0.0782. The minimum atomic E-state index is -0.550. The van der Waals surface area contributed by atoms with Crippen molar-refractivity contribution < 1.29 is 23.8 Å². The average Bonchev–Trinajstić information content (AvgIpc) is 3.38. The summed E-state index contributed by atoms with van der Waals surface area (Å²) in [5.41, 5.74) is 0. The molecule has 0 aliphatic rings. The van der Waals surface area contributed by atoms with E-state index in [2.05, 4.69) is 69.4 Å². The quantitative estimate of drug-likeness (QED) is 0.0345.